The first-order valence-electron chi connectivity index (χ1n) is 49.1. The van der Waals surface area contributed by atoms with Crippen LogP contribution in [-0.2, 0) is 51.2 Å². The number of nitrogens with zero attached hydrogens (tertiary/aromatic N) is 12. The minimum absolute atomic E-state index is 0.0136. The zero-order valence-corrected chi connectivity index (χ0v) is 79.7. The molecule has 0 aromatic carbocycles. The van der Waals surface area contributed by atoms with Crippen molar-refractivity contribution in [3.05, 3.63) is 87.4 Å². The van der Waals surface area contributed by atoms with Crippen molar-refractivity contribution in [2.75, 3.05) is 61.4 Å². The fraction of sp³-hybridized carbons (Fsp3) is 0.724. The highest BCUT2D eigenvalue weighted by Crippen LogP contribution is 2.66. The number of alkyl halides is 3. The van der Waals surface area contributed by atoms with E-state index in [4.69, 9.17) is 43.1 Å². The summed E-state index contributed by atoms with van der Waals surface area (Å²) in [6.07, 6.45) is 47.5. The lowest BCUT2D eigenvalue weighted by Crippen LogP contribution is -2.63. The Morgan fingerprint density at radius 1 is 0.436 bits per heavy atom. The summed E-state index contributed by atoms with van der Waals surface area (Å²) in [6.45, 7) is 8.42. The molecule has 21 rings (SSSR count). The molecule has 7 amide bonds. The monoisotopic (exact) mass is 1850 g/mol. The van der Waals surface area contributed by atoms with Crippen LogP contribution in [0.1, 0.15) is 353 Å². The second-order valence-corrected chi connectivity index (χ2v) is 43.7. The average Bonchev–Trinajstić information content (AvgIpc) is 0.719. The third-order valence-electron chi connectivity index (χ3n) is 31.8. The van der Waals surface area contributed by atoms with Crippen molar-refractivity contribution >= 4 is 71.0 Å². The molecule has 5 aromatic heterocycles. The van der Waals surface area contributed by atoms with Gasteiger partial charge in [0.25, 0.3) is 35.5 Å². The topological polar surface area (TPSA) is 484 Å². The maximum absolute atomic E-state index is 13.0. The number of hydrogen-bond donors (Lipinski definition) is 11. The largest absolute Gasteiger partial charge is 0.390 e. The highest BCUT2D eigenvalue weighted by atomic mass is 19.3. The maximum Gasteiger partial charge on any atom is 0.268 e. The number of aliphatic hydroxyl groups is 1. The third kappa shape index (κ3) is 25.8. The third-order valence-corrected chi connectivity index (χ3v) is 31.8. The summed E-state index contributed by atoms with van der Waals surface area (Å²) in [6, 6.07) is 0.908. The predicted molar refractivity (Wildman–Crippen MR) is 499 cm³/mol. The van der Waals surface area contributed by atoms with Crippen molar-refractivity contribution in [1.29, 1.82) is 0 Å². The van der Waals surface area contributed by atoms with E-state index in [0.717, 1.165) is 247 Å². The van der Waals surface area contributed by atoms with Gasteiger partial charge in [-0.15, -0.1) is 0 Å². The summed E-state index contributed by atoms with van der Waals surface area (Å²) in [4.78, 5) is 131. The highest BCUT2D eigenvalue weighted by molar-refractivity contribution is 5.98. The predicted octanol–water partition coefficient (Wildman–Crippen LogP) is 13.6. The van der Waals surface area contributed by atoms with E-state index in [1.807, 2.05) is 28.2 Å². The second kappa shape index (κ2) is 41.5. The van der Waals surface area contributed by atoms with Gasteiger partial charge >= 0.3 is 0 Å². The summed E-state index contributed by atoms with van der Waals surface area (Å²) >= 11 is 0. The summed E-state index contributed by atoms with van der Waals surface area (Å²) < 4.78 is 49.4. The van der Waals surface area contributed by atoms with Gasteiger partial charge in [0, 0.05) is 114 Å². The van der Waals surface area contributed by atoms with Gasteiger partial charge in [0.05, 0.1) is 68.4 Å². The number of nitrogens with two attached hydrogens (primary N) is 5. The fourth-order valence-electron chi connectivity index (χ4n) is 22.8. The van der Waals surface area contributed by atoms with Crippen molar-refractivity contribution in [2.45, 2.75) is 364 Å². The van der Waals surface area contributed by atoms with Gasteiger partial charge in [-0.25, -0.2) is 63.0 Å². The molecule has 0 radical (unpaired) electrons. The van der Waals surface area contributed by atoms with Gasteiger partial charge in [0.15, 0.2) is 6.36 Å². The second-order valence-electron chi connectivity index (χ2n) is 43.7. The molecule has 0 saturated heterocycles. The molecule has 0 aliphatic heterocycles. The number of halogens is 3. The molecule has 1 unspecified atom stereocenters. The number of aromatic nitrogens is 10. The molecule has 16 saturated carbocycles. The van der Waals surface area contributed by atoms with E-state index in [2.05, 4.69) is 92.2 Å². The molecule has 16 aliphatic rings. The smallest absolute Gasteiger partial charge is 0.268 e. The SMILES string of the molecule is CC(F)(F)COC1CCC(Nc2ncc(C(N)=O)c(CC3(C)CCC3)n2)CC1.CC(F)OC1CCC(Nc2ncc(C(N)=O)c(CC3(C)CCC3)n2)CC1.CN(C)C(=O)C1CCC(Nc2ncc(C(N)=O)c(CC3(C)CCC3)n2)CC1.CN(C)C(=O)C1CCC(Nc2ncc(C(N)=O)c(CC34CC(C3)C4)n2)CC1.NC(=O)c1cnc(CC23CCC(O)(CC2)CC3)nc1NC12CC(C1)C2. The Bertz CT molecular complexity index is 4780. The van der Waals surface area contributed by atoms with Crippen molar-refractivity contribution < 1.29 is 61.3 Å². The van der Waals surface area contributed by atoms with Gasteiger partial charge < -0.3 is 79.6 Å². The Balaban J connectivity index is 0.000000134. The van der Waals surface area contributed by atoms with E-state index < -0.39 is 54.0 Å². The average molecular weight is 1850 g/mol. The first kappa shape index (κ1) is 99.3. The molecular weight excluding hydrogens is 1700 g/mol. The lowest BCUT2D eigenvalue weighted by atomic mass is 9.43. The molecule has 133 heavy (non-hydrogen) atoms. The number of fused-ring (bicyclic) bond motifs is 3. The quantitative estimate of drug-likeness (QED) is 0.0190. The molecule has 32 nitrogen and oxygen atoms in total. The van der Waals surface area contributed by atoms with Crippen LogP contribution < -0.4 is 55.3 Å². The number of rotatable bonds is 32. The van der Waals surface area contributed by atoms with Crippen LogP contribution >= 0.6 is 0 Å². The lowest BCUT2D eigenvalue weighted by molar-refractivity contribution is -0.134. The van der Waals surface area contributed by atoms with Crippen LogP contribution in [0.15, 0.2) is 31.0 Å². The molecule has 16 fully saturated rings. The first-order chi connectivity index (χ1) is 63.0. The van der Waals surface area contributed by atoms with Gasteiger partial charge in [0.1, 0.15) is 18.2 Å². The number of anilines is 5. The van der Waals surface area contributed by atoms with Gasteiger partial charge in [-0.1, -0.05) is 40.0 Å². The van der Waals surface area contributed by atoms with E-state index in [1.165, 1.54) is 77.1 Å². The number of carbonyl (C=O) groups is 7. The molecule has 1 atom stereocenters. The Morgan fingerprint density at radius 2 is 0.759 bits per heavy atom. The van der Waals surface area contributed by atoms with Crippen molar-refractivity contribution in [3.8, 4) is 0 Å². The minimum atomic E-state index is -2.79. The molecule has 5 heterocycles. The van der Waals surface area contributed by atoms with Crippen LogP contribution in [0.25, 0.3) is 0 Å². The van der Waals surface area contributed by atoms with Crippen molar-refractivity contribution in [3.63, 3.8) is 0 Å². The van der Waals surface area contributed by atoms with E-state index in [-0.39, 0.29) is 87.2 Å². The molecule has 0 spiro atoms. The molecule has 6 bridgehead atoms. The fourth-order valence-corrected chi connectivity index (χ4v) is 22.8. The Hall–Kier alpha value is -9.64. The van der Waals surface area contributed by atoms with Crippen LogP contribution in [0.4, 0.5) is 42.8 Å². The van der Waals surface area contributed by atoms with Gasteiger partial charge in [-0.3, -0.25) is 33.6 Å². The maximum atomic E-state index is 13.0. The van der Waals surface area contributed by atoms with E-state index in [0.29, 0.717) is 75.0 Å². The van der Waals surface area contributed by atoms with Crippen LogP contribution in [0.5, 0.6) is 0 Å². The van der Waals surface area contributed by atoms with Crippen molar-refractivity contribution in [1.82, 2.24) is 59.6 Å². The number of primary amides is 5. The van der Waals surface area contributed by atoms with E-state index >= 15 is 0 Å². The number of amides is 7. The Morgan fingerprint density at radius 3 is 1.05 bits per heavy atom. The van der Waals surface area contributed by atoms with Crippen LogP contribution in [-0.4, -0.2) is 201 Å². The highest BCUT2D eigenvalue weighted by Gasteiger charge is 2.58. The molecule has 16 N–H and O–H groups in total. The first-order valence-corrected chi connectivity index (χ1v) is 49.1. The summed E-state index contributed by atoms with van der Waals surface area (Å²) in [7, 11) is 7.25. The summed E-state index contributed by atoms with van der Waals surface area (Å²) in [5, 5.41) is 27.4. The number of carbonyl (C=O) groups excluding carboxylic acids is 7. The zero-order valence-electron chi connectivity index (χ0n) is 79.7. The van der Waals surface area contributed by atoms with Crippen LogP contribution in [0.2, 0.25) is 0 Å². The molecular formula is C98H145F3N22O10. The van der Waals surface area contributed by atoms with Crippen LogP contribution in [0, 0.1) is 50.7 Å². The minimum Gasteiger partial charge on any atom is -0.390 e. The number of ether oxygens (including phenoxy) is 2. The number of hydrogen-bond acceptors (Lipinski definition) is 25. The van der Waals surface area contributed by atoms with Gasteiger partial charge in [0.2, 0.25) is 35.6 Å². The van der Waals surface area contributed by atoms with E-state index in [1.54, 1.807) is 28.4 Å². The summed E-state index contributed by atoms with van der Waals surface area (Å²) in [5.41, 5.74) is 33.5. The normalized spacial score (nSPS) is 29.2. The molecule has 5 aromatic rings. The molecule has 35 heteroatoms. The Labute approximate surface area is 780 Å². The van der Waals surface area contributed by atoms with Crippen molar-refractivity contribution in [2.24, 2.45) is 79.4 Å². The molecule has 728 valence electrons. The molecule has 16 aliphatic carbocycles. The summed E-state index contributed by atoms with van der Waals surface area (Å²) in [5.74, 6) is 0.821. The van der Waals surface area contributed by atoms with Crippen LogP contribution in [0.3, 0.4) is 0 Å². The van der Waals surface area contributed by atoms with E-state index in [9.17, 15) is 51.8 Å². The Kier molecular flexibility index (Phi) is 31.0. The van der Waals surface area contributed by atoms with Gasteiger partial charge in [-0.2, -0.15) is 0 Å². The van der Waals surface area contributed by atoms with Gasteiger partial charge in [-0.05, 0) is 290 Å². The zero-order chi connectivity index (χ0) is 95.2. The lowest BCUT2D eigenvalue weighted by Gasteiger charge is -2.62. The number of nitrogens with one attached hydrogen (secondary N) is 5. The standard InChI is InChI=1S/C20H30F2N4O2.C20H29N5O2.C20H31N5O2.C19H29FN4O2.C19H26N4O2/c1-19(8-3-9-19)10-16-15(17(23)27)11-24-18(26-16)25-13-4-6-14(7-5-13)28-12-20(2,21)22;1-25(2)18(27)13-3-5-14(6-4-13)23-19-22-11-15(17(21)26)16(24-19)10-20-7-12(8-20)9-20;1-20(9-4-10-20)11-16-15(17(21)26)12-22-19(24-16)23-14-7-5-13(6-8-14)18(27)25(2)3;1-12(20)26-14-6-4-13(5-7-14)23-18-22-11-15(17(21)25)16(24-18)10-19(2)8-3-9-19;20-15(24)13-11-21-14(22-16(13)23-18-7-12(8-18)9-18)10-17-1-4-19(25,5-2-17)6-3-17/h11,13-14H,3-10,12H2,1-2H3,(H2,23,27)(H,24,25,26);11-14H,3-10H2,1-2H3,(H2,21,26)(H,22,23,24);12-14H,4-11H2,1-3H3,(H2,21,26)(H,22,23,24);11-14H,3-10H2,1-2H3,(H2,21,25)(H,22,23,24);11-12,25H,1-10H2,(H2,20,24)(H,21,22,23).